The molecule has 1 aromatic heterocycles. The SMILES string of the molecule is OC1CCCCC1Nc1ccnc(Cc2ccccc2)n1. The molecule has 0 amide bonds. The van der Waals surface area contributed by atoms with Crippen molar-refractivity contribution in [3.8, 4) is 0 Å². The molecule has 110 valence electrons. The van der Waals surface area contributed by atoms with E-state index in [0.717, 1.165) is 43.7 Å². The number of benzene rings is 1. The Morgan fingerprint density at radius 3 is 2.71 bits per heavy atom. The van der Waals surface area contributed by atoms with Crippen molar-refractivity contribution in [1.82, 2.24) is 9.97 Å². The van der Waals surface area contributed by atoms with E-state index in [1.165, 1.54) is 5.56 Å². The quantitative estimate of drug-likeness (QED) is 0.906. The van der Waals surface area contributed by atoms with Crippen molar-refractivity contribution in [2.75, 3.05) is 5.32 Å². The van der Waals surface area contributed by atoms with Crippen LogP contribution in [-0.4, -0.2) is 27.2 Å². The minimum absolute atomic E-state index is 0.109. The molecule has 0 radical (unpaired) electrons. The van der Waals surface area contributed by atoms with Crippen molar-refractivity contribution in [2.24, 2.45) is 0 Å². The lowest BCUT2D eigenvalue weighted by atomic mass is 9.93. The van der Waals surface area contributed by atoms with Crippen LogP contribution in [0.2, 0.25) is 0 Å². The molecule has 3 rings (SSSR count). The molecule has 4 heteroatoms. The highest BCUT2D eigenvalue weighted by Crippen LogP contribution is 2.21. The summed E-state index contributed by atoms with van der Waals surface area (Å²) in [5, 5.41) is 13.4. The van der Waals surface area contributed by atoms with Crippen molar-refractivity contribution in [1.29, 1.82) is 0 Å². The van der Waals surface area contributed by atoms with E-state index in [4.69, 9.17) is 0 Å². The minimum Gasteiger partial charge on any atom is -0.391 e. The van der Waals surface area contributed by atoms with Crippen molar-refractivity contribution < 1.29 is 5.11 Å². The molecule has 0 aliphatic heterocycles. The maximum atomic E-state index is 10.0. The highest BCUT2D eigenvalue weighted by atomic mass is 16.3. The summed E-state index contributed by atoms with van der Waals surface area (Å²) in [6.45, 7) is 0. The third-order valence-corrected chi connectivity index (χ3v) is 3.97. The van der Waals surface area contributed by atoms with Gasteiger partial charge in [-0.1, -0.05) is 43.2 Å². The van der Waals surface area contributed by atoms with Gasteiger partial charge in [-0.2, -0.15) is 0 Å². The Bertz CT molecular complexity index is 573. The maximum Gasteiger partial charge on any atom is 0.135 e. The van der Waals surface area contributed by atoms with Gasteiger partial charge < -0.3 is 10.4 Å². The van der Waals surface area contributed by atoms with Gasteiger partial charge in [0.2, 0.25) is 0 Å². The Kier molecular flexibility index (Phi) is 4.46. The van der Waals surface area contributed by atoms with Gasteiger partial charge in [0.1, 0.15) is 11.6 Å². The van der Waals surface area contributed by atoms with E-state index in [-0.39, 0.29) is 12.1 Å². The molecule has 0 spiro atoms. The van der Waals surface area contributed by atoms with Crippen molar-refractivity contribution in [2.45, 2.75) is 44.2 Å². The highest BCUT2D eigenvalue weighted by molar-refractivity contribution is 5.35. The standard InChI is InChI=1S/C17H21N3O/c21-15-9-5-4-8-14(15)19-16-10-11-18-17(20-16)12-13-6-2-1-3-7-13/h1-3,6-7,10-11,14-15,21H,4-5,8-9,12H2,(H,18,19,20). The van der Waals surface area contributed by atoms with Crippen LogP contribution in [0.25, 0.3) is 0 Å². The number of hydrogen-bond donors (Lipinski definition) is 2. The zero-order valence-electron chi connectivity index (χ0n) is 12.1. The van der Waals surface area contributed by atoms with Gasteiger partial charge in [-0.15, -0.1) is 0 Å². The summed E-state index contributed by atoms with van der Waals surface area (Å²) in [7, 11) is 0. The Labute approximate surface area is 125 Å². The molecule has 1 aliphatic rings. The number of nitrogens with zero attached hydrogens (tertiary/aromatic N) is 2. The smallest absolute Gasteiger partial charge is 0.135 e. The highest BCUT2D eigenvalue weighted by Gasteiger charge is 2.23. The fourth-order valence-corrected chi connectivity index (χ4v) is 2.81. The third-order valence-electron chi connectivity index (χ3n) is 3.97. The Balaban J connectivity index is 1.68. The molecule has 21 heavy (non-hydrogen) atoms. The van der Waals surface area contributed by atoms with Crippen molar-refractivity contribution in [3.63, 3.8) is 0 Å². The molecule has 1 saturated carbocycles. The van der Waals surface area contributed by atoms with E-state index in [1.54, 1.807) is 6.20 Å². The fourth-order valence-electron chi connectivity index (χ4n) is 2.81. The van der Waals surface area contributed by atoms with E-state index in [1.807, 2.05) is 24.3 Å². The zero-order valence-corrected chi connectivity index (χ0v) is 12.1. The Hall–Kier alpha value is -1.94. The van der Waals surface area contributed by atoms with E-state index in [9.17, 15) is 5.11 Å². The lowest BCUT2D eigenvalue weighted by molar-refractivity contribution is 0.116. The number of hydrogen-bond acceptors (Lipinski definition) is 4. The summed E-state index contributed by atoms with van der Waals surface area (Å²) in [5.74, 6) is 1.61. The molecule has 2 aromatic rings. The molecular formula is C17H21N3O. The summed E-state index contributed by atoms with van der Waals surface area (Å²) in [6.07, 6.45) is 6.39. The normalized spacial score (nSPS) is 22.0. The Morgan fingerprint density at radius 2 is 1.90 bits per heavy atom. The predicted octanol–water partition coefficient (Wildman–Crippen LogP) is 2.78. The van der Waals surface area contributed by atoms with Crippen molar-refractivity contribution >= 4 is 5.82 Å². The van der Waals surface area contributed by atoms with Crippen LogP contribution in [0.15, 0.2) is 42.6 Å². The fraction of sp³-hybridized carbons (Fsp3) is 0.412. The molecule has 4 nitrogen and oxygen atoms in total. The average Bonchev–Trinajstić information content (AvgIpc) is 2.51. The molecule has 2 unspecified atom stereocenters. The largest absolute Gasteiger partial charge is 0.391 e. The van der Waals surface area contributed by atoms with Gasteiger partial charge in [0.05, 0.1) is 12.1 Å². The Morgan fingerprint density at radius 1 is 1.10 bits per heavy atom. The van der Waals surface area contributed by atoms with Crippen molar-refractivity contribution in [3.05, 3.63) is 54.0 Å². The molecule has 0 bridgehead atoms. The van der Waals surface area contributed by atoms with Gasteiger partial charge in [-0.3, -0.25) is 0 Å². The summed E-state index contributed by atoms with van der Waals surface area (Å²) >= 11 is 0. The molecular weight excluding hydrogens is 262 g/mol. The number of aliphatic hydroxyl groups is 1. The summed E-state index contributed by atoms with van der Waals surface area (Å²) in [4.78, 5) is 8.90. The first kappa shape index (κ1) is 14.0. The van der Waals surface area contributed by atoms with Gasteiger partial charge in [0.25, 0.3) is 0 Å². The summed E-state index contributed by atoms with van der Waals surface area (Å²) in [6, 6.07) is 12.2. The van der Waals surface area contributed by atoms with E-state index < -0.39 is 0 Å². The molecule has 1 fully saturated rings. The van der Waals surface area contributed by atoms with Crippen LogP contribution in [0.4, 0.5) is 5.82 Å². The first-order valence-corrected chi connectivity index (χ1v) is 7.62. The molecule has 2 atom stereocenters. The number of anilines is 1. The summed E-state index contributed by atoms with van der Waals surface area (Å²) < 4.78 is 0. The van der Waals surface area contributed by atoms with Gasteiger partial charge in [-0.05, 0) is 24.5 Å². The molecule has 2 N–H and O–H groups in total. The first-order valence-electron chi connectivity index (χ1n) is 7.62. The summed E-state index contributed by atoms with van der Waals surface area (Å²) in [5.41, 5.74) is 1.20. The van der Waals surface area contributed by atoms with Crippen LogP contribution >= 0.6 is 0 Å². The lowest BCUT2D eigenvalue weighted by Crippen LogP contribution is -2.36. The zero-order chi connectivity index (χ0) is 14.5. The predicted molar refractivity (Wildman–Crippen MR) is 83.2 cm³/mol. The van der Waals surface area contributed by atoms with Crippen LogP contribution in [0, 0.1) is 0 Å². The second-order valence-corrected chi connectivity index (χ2v) is 5.62. The maximum absolute atomic E-state index is 10.0. The number of nitrogens with one attached hydrogen (secondary N) is 1. The average molecular weight is 283 g/mol. The lowest BCUT2D eigenvalue weighted by Gasteiger charge is -2.28. The topological polar surface area (TPSA) is 58.0 Å². The van der Waals surface area contributed by atoms with Crippen LogP contribution in [0.1, 0.15) is 37.1 Å². The molecule has 1 heterocycles. The number of aliphatic hydroxyl groups excluding tert-OH is 1. The van der Waals surface area contributed by atoms with Gasteiger partial charge in [-0.25, -0.2) is 9.97 Å². The van der Waals surface area contributed by atoms with E-state index in [0.29, 0.717) is 0 Å². The number of aromatic nitrogens is 2. The number of rotatable bonds is 4. The van der Waals surface area contributed by atoms with Gasteiger partial charge in [0, 0.05) is 12.6 Å². The van der Waals surface area contributed by atoms with Crippen LogP contribution < -0.4 is 5.32 Å². The molecule has 1 aliphatic carbocycles. The van der Waals surface area contributed by atoms with Crippen LogP contribution in [-0.2, 0) is 6.42 Å². The van der Waals surface area contributed by atoms with Crippen LogP contribution in [0.5, 0.6) is 0 Å². The second-order valence-electron chi connectivity index (χ2n) is 5.62. The third kappa shape index (κ3) is 3.79. The minimum atomic E-state index is -0.272. The second kappa shape index (κ2) is 6.68. The van der Waals surface area contributed by atoms with Gasteiger partial charge in [0.15, 0.2) is 0 Å². The van der Waals surface area contributed by atoms with E-state index in [2.05, 4.69) is 27.4 Å². The first-order chi connectivity index (χ1) is 10.3. The van der Waals surface area contributed by atoms with E-state index >= 15 is 0 Å². The molecule has 1 aromatic carbocycles. The monoisotopic (exact) mass is 283 g/mol. The van der Waals surface area contributed by atoms with Crippen LogP contribution in [0.3, 0.4) is 0 Å². The van der Waals surface area contributed by atoms with Gasteiger partial charge >= 0.3 is 0 Å². The molecule has 0 saturated heterocycles.